The zero-order valence-corrected chi connectivity index (χ0v) is 8.90. The molecule has 2 aromatic rings. The van der Waals surface area contributed by atoms with Crippen LogP contribution < -0.4 is 0 Å². The Kier molecular flexibility index (Phi) is 2.66. The monoisotopic (exact) mass is 218 g/mol. The van der Waals surface area contributed by atoms with E-state index in [1.165, 1.54) is 0 Å². The van der Waals surface area contributed by atoms with Crippen LogP contribution in [0.2, 0.25) is 0 Å². The predicted octanol–water partition coefficient (Wildman–Crippen LogP) is 1.44. The summed E-state index contributed by atoms with van der Waals surface area (Å²) in [4.78, 5) is 11.2. The van der Waals surface area contributed by atoms with Crippen LogP contribution in [0.25, 0.3) is 10.9 Å². The number of carboxylic acids is 1. The highest BCUT2D eigenvalue weighted by atomic mass is 16.4. The molecule has 83 valence electrons. The number of hydrogen-bond donors (Lipinski definition) is 2. The Morgan fingerprint density at radius 2 is 2.31 bits per heavy atom. The van der Waals surface area contributed by atoms with Gasteiger partial charge in [0.05, 0.1) is 6.61 Å². The fourth-order valence-corrected chi connectivity index (χ4v) is 2.02. The van der Waals surface area contributed by atoms with Crippen molar-refractivity contribution >= 4 is 16.9 Å². The molecule has 0 atom stereocenters. The highest BCUT2D eigenvalue weighted by molar-refractivity contribution is 5.97. The molecule has 2 N–H and O–H groups in total. The largest absolute Gasteiger partial charge is 0.477 e. The van der Waals surface area contributed by atoms with Crippen LogP contribution >= 0.6 is 0 Å². The van der Waals surface area contributed by atoms with Gasteiger partial charge < -0.3 is 14.8 Å². The molecule has 0 saturated carbocycles. The summed E-state index contributed by atoms with van der Waals surface area (Å²) in [6, 6.07) is 8.25. The average Bonchev–Trinajstić information content (AvgIpc) is 2.54. The van der Waals surface area contributed by atoms with Gasteiger partial charge in [-0.3, -0.25) is 0 Å². The van der Waals surface area contributed by atoms with Gasteiger partial charge in [-0.25, -0.2) is 4.79 Å². The molecular formula is C12H12NO3. The second-order valence-electron chi connectivity index (χ2n) is 3.60. The minimum absolute atomic E-state index is 0.0812. The Morgan fingerprint density at radius 3 is 2.94 bits per heavy atom. The van der Waals surface area contributed by atoms with E-state index in [1.807, 2.05) is 6.07 Å². The second-order valence-corrected chi connectivity index (χ2v) is 3.60. The Bertz CT molecular complexity index is 542. The van der Waals surface area contributed by atoms with Crippen LogP contribution in [0.5, 0.6) is 0 Å². The van der Waals surface area contributed by atoms with Crippen LogP contribution in [0.15, 0.2) is 18.2 Å². The molecular weight excluding hydrogens is 206 g/mol. The molecule has 0 aliphatic rings. The molecule has 1 radical (unpaired) electrons. The Hall–Kier alpha value is -1.81. The van der Waals surface area contributed by atoms with Crippen molar-refractivity contribution in [2.75, 3.05) is 6.61 Å². The zero-order chi connectivity index (χ0) is 11.7. The lowest BCUT2D eigenvalue weighted by Crippen LogP contribution is -2.11. The van der Waals surface area contributed by atoms with Crippen molar-refractivity contribution in [2.24, 2.45) is 0 Å². The fourth-order valence-electron chi connectivity index (χ4n) is 2.02. The molecule has 16 heavy (non-hydrogen) atoms. The van der Waals surface area contributed by atoms with E-state index in [9.17, 15) is 4.79 Å². The smallest absolute Gasteiger partial charge is 0.352 e. The van der Waals surface area contributed by atoms with Crippen molar-refractivity contribution in [3.8, 4) is 0 Å². The quantitative estimate of drug-likeness (QED) is 0.819. The number of benzene rings is 1. The normalized spacial score (nSPS) is 10.9. The highest BCUT2D eigenvalue weighted by Gasteiger charge is 2.18. The molecule has 0 aliphatic heterocycles. The first-order valence-electron chi connectivity index (χ1n) is 5.00. The standard InChI is InChI=1S/C12H12NO3/c1-8-9-4-2-3-5-10(9)13(6-7-14)11(8)12(15)16/h3-5,14H,6-7H2,1H3,(H,15,16). The van der Waals surface area contributed by atoms with Gasteiger partial charge in [0, 0.05) is 17.4 Å². The first-order chi connectivity index (χ1) is 7.66. The second kappa shape index (κ2) is 3.98. The van der Waals surface area contributed by atoms with Gasteiger partial charge in [-0.05, 0) is 30.7 Å². The third-order valence-corrected chi connectivity index (χ3v) is 2.69. The number of nitrogens with zero attached hydrogens (tertiary/aromatic N) is 1. The topological polar surface area (TPSA) is 62.5 Å². The minimum Gasteiger partial charge on any atom is -0.477 e. The maximum Gasteiger partial charge on any atom is 0.352 e. The third kappa shape index (κ3) is 1.47. The number of aliphatic hydroxyl groups excluding tert-OH is 1. The van der Waals surface area contributed by atoms with Crippen molar-refractivity contribution < 1.29 is 15.0 Å². The van der Waals surface area contributed by atoms with E-state index in [2.05, 4.69) is 6.07 Å². The van der Waals surface area contributed by atoms with Gasteiger partial charge >= 0.3 is 5.97 Å². The van der Waals surface area contributed by atoms with Gasteiger partial charge in [0.15, 0.2) is 0 Å². The zero-order valence-electron chi connectivity index (χ0n) is 8.90. The molecule has 0 bridgehead atoms. The molecule has 4 nitrogen and oxygen atoms in total. The van der Waals surface area contributed by atoms with Gasteiger partial charge in [-0.2, -0.15) is 0 Å². The van der Waals surface area contributed by atoms with Crippen LogP contribution in [0.4, 0.5) is 0 Å². The molecule has 0 aliphatic carbocycles. The summed E-state index contributed by atoms with van der Waals surface area (Å²) >= 11 is 0. The van der Waals surface area contributed by atoms with Gasteiger partial charge in [0.2, 0.25) is 0 Å². The van der Waals surface area contributed by atoms with Gasteiger partial charge in [-0.1, -0.05) is 6.07 Å². The third-order valence-electron chi connectivity index (χ3n) is 2.69. The number of aryl methyl sites for hydroxylation is 1. The van der Waals surface area contributed by atoms with Crippen LogP contribution in [0.1, 0.15) is 16.1 Å². The Balaban J connectivity index is 2.80. The number of carbonyl (C=O) groups is 1. The molecule has 1 heterocycles. The summed E-state index contributed by atoms with van der Waals surface area (Å²) in [6.07, 6.45) is 0. The Morgan fingerprint density at radius 1 is 1.56 bits per heavy atom. The minimum atomic E-state index is -0.970. The highest BCUT2D eigenvalue weighted by Crippen LogP contribution is 2.25. The van der Waals surface area contributed by atoms with Crippen molar-refractivity contribution in [3.05, 3.63) is 35.5 Å². The van der Waals surface area contributed by atoms with E-state index in [1.54, 1.807) is 23.6 Å². The first-order valence-corrected chi connectivity index (χ1v) is 5.00. The summed E-state index contributed by atoms with van der Waals surface area (Å²) in [5.74, 6) is -0.970. The molecule has 1 aromatic carbocycles. The van der Waals surface area contributed by atoms with Crippen molar-refractivity contribution in [3.63, 3.8) is 0 Å². The molecule has 0 amide bonds. The lowest BCUT2D eigenvalue weighted by Gasteiger charge is -2.05. The number of aromatic carboxylic acids is 1. The number of carboxylic acid groups (broad SMARTS) is 1. The SMILES string of the molecule is Cc1c(C(=O)O)n(CCO)c2cc[c]cc12. The molecule has 2 rings (SSSR count). The van der Waals surface area contributed by atoms with Gasteiger partial charge in [-0.15, -0.1) is 0 Å². The van der Waals surface area contributed by atoms with Crippen molar-refractivity contribution in [1.82, 2.24) is 4.57 Å². The predicted molar refractivity (Wildman–Crippen MR) is 59.6 cm³/mol. The lowest BCUT2D eigenvalue weighted by atomic mass is 10.1. The first kappa shape index (κ1) is 10.7. The van der Waals surface area contributed by atoms with E-state index in [0.717, 1.165) is 10.9 Å². The summed E-state index contributed by atoms with van der Waals surface area (Å²) < 4.78 is 1.63. The fraction of sp³-hybridized carbons (Fsp3) is 0.250. The van der Waals surface area contributed by atoms with Crippen LogP contribution in [-0.2, 0) is 6.54 Å². The van der Waals surface area contributed by atoms with E-state index in [0.29, 0.717) is 5.56 Å². The van der Waals surface area contributed by atoms with Gasteiger partial charge in [0.1, 0.15) is 5.69 Å². The molecule has 0 spiro atoms. The molecule has 4 heteroatoms. The van der Waals surface area contributed by atoms with Crippen LogP contribution in [0.3, 0.4) is 0 Å². The number of aromatic nitrogens is 1. The average molecular weight is 218 g/mol. The number of aliphatic hydroxyl groups is 1. The molecule has 0 saturated heterocycles. The molecule has 1 aromatic heterocycles. The molecule has 0 unspecified atom stereocenters. The number of hydrogen-bond acceptors (Lipinski definition) is 2. The van der Waals surface area contributed by atoms with E-state index in [4.69, 9.17) is 10.2 Å². The maximum atomic E-state index is 11.2. The summed E-state index contributed by atoms with van der Waals surface area (Å²) in [7, 11) is 0. The van der Waals surface area contributed by atoms with Crippen LogP contribution in [0, 0.1) is 13.0 Å². The summed E-state index contributed by atoms with van der Waals surface area (Å²) in [6.45, 7) is 1.98. The van der Waals surface area contributed by atoms with E-state index < -0.39 is 5.97 Å². The van der Waals surface area contributed by atoms with Crippen molar-refractivity contribution in [2.45, 2.75) is 13.5 Å². The Labute approximate surface area is 92.7 Å². The van der Waals surface area contributed by atoms with Crippen molar-refractivity contribution in [1.29, 1.82) is 0 Å². The summed E-state index contributed by atoms with van der Waals surface area (Å²) in [5, 5.41) is 19.0. The van der Waals surface area contributed by atoms with E-state index >= 15 is 0 Å². The molecule has 0 fully saturated rings. The van der Waals surface area contributed by atoms with E-state index in [-0.39, 0.29) is 18.8 Å². The number of fused-ring (bicyclic) bond motifs is 1. The van der Waals surface area contributed by atoms with Gasteiger partial charge in [0.25, 0.3) is 0 Å². The lowest BCUT2D eigenvalue weighted by molar-refractivity contribution is 0.0683. The summed E-state index contributed by atoms with van der Waals surface area (Å²) in [5.41, 5.74) is 1.78. The van der Waals surface area contributed by atoms with Crippen LogP contribution in [-0.4, -0.2) is 27.4 Å². The maximum absolute atomic E-state index is 11.2. The number of rotatable bonds is 3.